The summed E-state index contributed by atoms with van der Waals surface area (Å²) in [6, 6.07) is 14.6. The van der Waals surface area contributed by atoms with Gasteiger partial charge in [-0.3, -0.25) is 14.7 Å². The number of aromatic nitrogens is 1. The first-order chi connectivity index (χ1) is 15.7. The molecule has 2 saturated heterocycles. The van der Waals surface area contributed by atoms with Gasteiger partial charge in [0.15, 0.2) is 0 Å². The van der Waals surface area contributed by atoms with Crippen molar-refractivity contribution in [1.29, 1.82) is 0 Å². The molecule has 0 bridgehead atoms. The largest absolute Gasteiger partial charge is 0.497 e. The molecule has 0 radical (unpaired) electrons. The van der Waals surface area contributed by atoms with Crippen LogP contribution in [0.4, 0.5) is 11.4 Å². The van der Waals surface area contributed by atoms with Crippen LogP contribution in [-0.4, -0.2) is 61.7 Å². The van der Waals surface area contributed by atoms with E-state index in [1.807, 2.05) is 35.4 Å². The summed E-state index contributed by atoms with van der Waals surface area (Å²) >= 11 is 0. The lowest BCUT2D eigenvalue weighted by Crippen LogP contribution is -2.50. The number of amides is 1. The Balaban J connectivity index is 1.35. The summed E-state index contributed by atoms with van der Waals surface area (Å²) in [7, 11) is 1.64. The van der Waals surface area contributed by atoms with Gasteiger partial charge < -0.3 is 14.5 Å². The molecule has 6 rings (SSSR count). The van der Waals surface area contributed by atoms with E-state index in [9.17, 15) is 4.79 Å². The molecule has 4 heterocycles. The smallest absolute Gasteiger partial charge is 0.258 e. The summed E-state index contributed by atoms with van der Waals surface area (Å²) < 4.78 is 5.24. The maximum absolute atomic E-state index is 13.3. The van der Waals surface area contributed by atoms with Crippen molar-refractivity contribution in [2.75, 3.05) is 49.6 Å². The second kappa shape index (κ2) is 7.78. The Bertz CT molecular complexity index is 1180. The number of anilines is 2. The molecule has 6 heteroatoms. The van der Waals surface area contributed by atoms with Crippen LogP contribution in [0, 0.1) is 0 Å². The number of carbonyl (C=O) groups excluding carboxylic acids is 1. The van der Waals surface area contributed by atoms with E-state index in [0.717, 1.165) is 48.4 Å². The van der Waals surface area contributed by atoms with Crippen LogP contribution in [0.2, 0.25) is 0 Å². The quantitative estimate of drug-likeness (QED) is 0.636. The molecule has 0 spiro atoms. The van der Waals surface area contributed by atoms with Gasteiger partial charge in [0, 0.05) is 60.7 Å². The first-order valence-corrected chi connectivity index (χ1v) is 11.6. The molecular weight excluding hydrogens is 400 g/mol. The average molecular weight is 429 g/mol. The molecule has 2 aromatic carbocycles. The third kappa shape index (κ3) is 3.21. The average Bonchev–Trinajstić information content (AvgIpc) is 3.48. The second-order valence-corrected chi connectivity index (χ2v) is 9.04. The Kier molecular flexibility index (Phi) is 4.76. The maximum atomic E-state index is 13.3. The lowest BCUT2D eigenvalue weighted by atomic mass is 10.1. The molecule has 164 valence electrons. The minimum absolute atomic E-state index is 0.0377. The monoisotopic (exact) mass is 428 g/mol. The number of methoxy groups -OCH3 is 1. The van der Waals surface area contributed by atoms with Crippen molar-refractivity contribution < 1.29 is 9.53 Å². The van der Waals surface area contributed by atoms with Gasteiger partial charge in [0.25, 0.3) is 5.91 Å². The van der Waals surface area contributed by atoms with E-state index in [1.165, 1.54) is 30.6 Å². The molecule has 6 nitrogen and oxygen atoms in total. The summed E-state index contributed by atoms with van der Waals surface area (Å²) in [4.78, 5) is 25.1. The van der Waals surface area contributed by atoms with Crippen LogP contribution >= 0.6 is 0 Å². The fraction of sp³-hybridized carbons (Fsp3) is 0.385. The van der Waals surface area contributed by atoms with E-state index in [-0.39, 0.29) is 5.91 Å². The van der Waals surface area contributed by atoms with Gasteiger partial charge in [0.1, 0.15) is 5.75 Å². The van der Waals surface area contributed by atoms with Crippen molar-refractivity contribution >= 4 is 28.2 Å². The van der Waals surface area contributed by atoms with Gasteiger partial charge in [-0.05, 0) is 73.8 Å². The number of piperazine rings is 1. The Morgan fingerprint density at radius 2 is 1.91 bits per heavy atom. The number of carbonyl (C=O) groups is 1. The van der Waals surface area contributed by atoms with Gasteiger partial charge >= 0.3 is 0 Å². The highest BCUT2D eigenvalue weighted by Crippen LogP contribution is 2.37. The molecule has 3 aromatic rings. The predicted octanol–water partition coefficient (Wildman–Crippen LogP) is 3.73. The molecule has 0 aliphatic carbocycles. The molecule has 0 unspecified atom stereocenters. The standard InChI is InChI=1S/C26H28N4O2/c1-32-21-6-4-18(5-7-21)26(31)30-12-9-19-15-23-22(16-25(19)30)24(8-10-27-23)29-14-13-28-11-2-3-20(28)17-29/h4-8,10,15-16,20H,2-3,9,11-14,17H2,1H3/t20-/m0/s1. The van der Waals surface area contributed by atoms with Gasteiger partial charge in [0.05, 0.1) is 12.6 Å². The third-order valence-electron chi connectivity index (χ3n) is 7.32. The van der Waals surface area contributed by atoms with E-state index in [1.54, 1.807) is 7.11 Å². The molecule has 1 amide bonds. The highest BCUT2D eigenvalue weighted by Gasteiger charge is 2.32. The van der Waals surface area contributed by atoms with E-state index in [0.29, 0.717) is 18.2 Å². The van der Waals surface area contributed by atoms with Crippen molar-refractivity contribution in [3.05, 3.63) is 59.8 Å². The molecule has 0 saturated carbocycles. The molecule has 2 fully saturated rings. The summed E-state index contributed by atoms with van der Waals surface area (Å²) in [5, 5.41) is 1.15. The number of fused-ring (bicyclic) bond motifs is 3. The summed E-state index contributed by atoms with van der Waals surface area (Å²) in [5.74, 6) is 0.795. The Labute approximate surface area is 188 Å². The zero-order valence-corrected chi connectivity index (χ0v) is 18.5. The number of benzene rings is 2. The Morgan fingerprint density at radius 3 is 2.75 bits per heavy atom. The van der Waals surface area contributed by atoms with Crippen molar-refractivity contribution in [2.45, 2.75) is 25.3 Å². The summed E-state index contributed by atoms with van der Waals surface area (Å²) in [6.07, 6.45) is 5.39. The fourth-order valence-corrected chi connectivity index (χ4v) is 5.60. The van der Waals surface area contributed by atoms with Gasteiger partial charge in [0.2, 0.25) is 0 Å². The maximum Gasteiger partial charge on any atom is 0.258 e. The number of ether oxygens (including phenoxy) is 1. The van der Waals surface area contributed by atoms with E-state index in [2.05, 4.69) is 33.0 Å². The SMILES string of the molecule is COc1ccc(C(=O)N2CCc3cc4nccc(N5CCN6CCC[C@H]6C5)c4cc32)cc1. The number of nitrogens with zero attached hydrogens (tertiary/aromatic N) is 4. The first kappa shape index (κ1) is 19.6. The van der Waals surface area contributed by atoms with Crippen molar-refractivity contribution in [3.8, 4) is 5.75 Å². The third-order valence-corrected chi connectivity index (χ3v) is 7.32. The molecule has 1 aromatic heterocycles. The van der Waals surface area contributed by atoms with Crippen LogP contribution in [0.5, 0.6) is 5.75 Å². The fourth-order valence-electron chi connectivity index (χ4n) is 5.60. The molecular formula is C26H28N4O2. The van der Waals surface area contributed by atoms with Crippen molar-refractivity contribution in [2.24, 2.45) is 0 Å². The minimum atomic E-state index is 0.0377. The number of rotatable bonds is 3. The van der Waals surface area contributed by atoms with Crippen molar-refractivity contribution in [3.63, 3.8) is 0 Å². The topological polar surface area (TPSA) is 48.9 Å². The van der Waals surface area contributed by atoms with Gasteiger partial charge in [-0.1, -0.05) is 0 Å². The van der Waals surface area contributed by atoms with Gasteiger partial charge in [-0.15, -0.1) is 0 Å². The normalized spacial score (nSPS) is 20.5. The molecule has 3 aliphatic heterocycles. The lowest BCUT2D eigenvalue weighted by Gasteiger charge is -2.39. The van der Waals surface area contributed by atoms with Crippen LogP contribution in [0.1, 0.15) is 28.8 Å². The molecule has 32 heavy (non-hydrogen) atoms. The Morgan fingerprint density at radius 1 is 1.03 bits per heavy atom. The van der Waals surface area contributed by atoms with Crippen LogP contribution < -0.4 is 14.5 Å². The molecule has 0 N–H and O–H groups in total. The van der Waals surface area contributed by atoms with Crippen LogP contribution in [0.3, 0.4) is 0 Å². The zero-order chi connectivity index (χ0) is 21.7. The zero-order valence-electron chi connectivity index (χ0n) is 18.5. The van der Waals surface area contributed by atoms with E-state index >= 15 is 0 Å². The minimum Gasteiger partial charge on any atom is -0.497 e. The lowest BCUT2D eigenvalue weighted by molar-refractivity contribution is 0.0989. The summed E-state index contributed by atoms with van der Waals surface area (Å²) in [5.41, 5.74) is 5.17. The van der Waals surface area contributed by atoms with E-state index in [4.69, 9.17) is 4.74 Å². The van der Waals surface area contributed by atoms with Crippen molar-refractivity contribution in [1.82, 2.24) is 9.88 Å². The molecule has 3 aliphatic rings. The summed E-state index contributed by atoms with van der Waals surface area (Å²) in [6.45, 7) is 5.19. The number of pyridine rings is 1. The number of hydrogen-bond donors (Lipinski definition) is 0. The number of hydrogen-bond acceptors (Lipinski definition) is 5. The van der Waals surface area contributed by atoms with Crippen LogP contribution in [0.25, 0.3) is 10.9 Å². The van der Waals surface area contributed by atoms with Gasteiger partial charge in [-0.25, -0.2) is 0 Å². The van der Waals surface area contributed by atoms with Gasteiger partial charge in [-0.2, -0.15) is 0 Å². The molecule has 1 atom stereocenters. The second-order valence-electron chi connectivity index (χ2n) is 9.04. The Hall–Kier alpha value is -3.12. The van der Waals surface area contributed by atoms with Crippen LogP contribution in [-0.2, 0) is 6.42 Å². The van der Waals surface area contributed by atoms with Crippen LogP contribution in [0.15, 0.2) is 48.7 Å². The highest BCUT2D eigenvalue weighted by molar-refractivity contribution is 6.09. The predicted molar refractivity (Wildman–Crippen MR) is 127 cm³/mol. The highest BCUT2D eigenvalue weighted by atomic mass is 16.5. The first-order valence-electron chi connectivity index (χ1n) is 11.6. The van der Waals surface area contributed by atoms with E-state index < -0.39 is 0 Å².